The molecule has 0 aliphatic heterocycles. The Morgan fingerprint density at radius 2 is 2.15 bits per heavy atom. The van der Waals surface area contributed by atoms with Crippen molar-refractivity contribution in [3.05, 3.63) is 52.2 Å². The van der Waals surface area contributed by atoms with Crippen LogP contribution < -0.4 is 10.1 Å². The number of thiophene rings is 1. The second kappa shape index (κ2) is 7.65. The van der Waals surface area contributed by atoms with Crippen molar-refractivity contribution in [2.75, 3.05) is 13.2 Å². The van der Waals surface area contributed by atoms with Crippen molar-refractivity contribution in [3.8, 4) is 11.8 Å². The molecule has 20 heavy (non-hydrogen) atoms. The molecule has 0 spiro atoms. The van der Waals surface area contributed by atoms with E-state index >= 15 is 0 Å². The Kier molecular flexibility index (Phi) is 5.56. The summed E-state index contributed by atoms with van der Waals surface area (Å²) < 4.78 is 5.47. The smallest absolute Gasteiger partial charge is 0.137 e. The first-order chi connectivity index (χ1) is 9.79. The van der Waals surface area contributed by atoms with E-state index in [9.17, 15) is 5.11 Å². The second-order valence-electron chi connectivity index (χ2n) is 4.28. The fourth-order valence-corrected chi connectivity index (χ4v) is 2.38. The molecule has 1 aromatic carbocycles. The van der Waals surface area contributed by atoms with Crippen LogP contribution in [0.3, 0.4) is 0 Å². The van der Waals surface area contributed by atoms with Gasteiger partial charge in [-0.1, -0.05) is 18.2 Å². The van der Waals surface area contributed by atoms with Crippen molar-refractivity contribution in [3.63, 3.8) is 0 Å². The van der Waals surface area contributed by atoms with Gasteiger partial charge in [0.15, 0.2) is 0 Å². The molecule has 4 nitrogen and oxygen atoms in total. The van der Waals surface area contributed by atoms with E-state index < -0.39 is 6.10 Å². The molecule has 0 aliphatic rings. The van der Waals surface area contributed by atoms with Crippen LogP contribution in [0.1, 0.15) is 10.4 Å². The Bertz CT molecular complexity index is 564. The lowest BCUT2D eigenvalue weighted by Crippen LogP contribution is -2.31. The highest BCUT2D eigenvalue weighted by molar-refractivity contribution is 7.09. The maximum atomic E-state index is 9.84. The molecule has 2 rings (SSSR count). The number of aliphatic hydroxyl groups is 1. The molecule has 2 N–H and O–H groups in total. The number of nitrogens with zero attached hydrogens (tertiary/aromatic N) is 1. The SMILES string of the molecule is N#Cc1ccccc1OCC(O)CNCc1cccs1. The van der Waals surface area contributed by atoms with Crippen molar-refractivity contribution in [1.29, 1.82) is 5.26 Å². The molecule has 0 saturated carbocycles. The predicted octanol–water partition coefficient (Wildman–Crippen LogP) is 2.15. The standard InChI is InChI=1S/C15H16N2O2S/c16-8-12-4-1-2-6-15(12)19-11-13(18)9-17-10-14-5-3-7-20-14/h1-7,13,17-18H,9-11H2. The van der Waals surface area contributed by atoms with Crippen LogP contribution in [0.25, 0.3) is 0 Å². The van der Waals surface area contributed by atoms with Gasteiger partial charge in [-0.3, -0.25) is 0 Å². The third-order valence-corrected chi connectivity index (χ3v) is 3.57. The van der Waals surface area contributed by atoms with Gasteiger partial charge in [0.25, 0.3) is 0 Å². The highest BCUT2D eigenvalue weighted by Gasteiger charge is 2.07. The average molecular weight is 288 g/mol. The zero-order valence-electron chi connectivity index (χ0n) is 11.0. The van der Waals surface area contributed by atoms with Crippen molar-refractivity contribution in [1.82, 2.24) is 5.32 Å². The van der Waals surface area contributed by atoms with Gasteiger partial charge in [0.2, 0.25) is 0 Å². The number of ether oxygens (including phenoxy) is 1. The minimum Gasteiger partial charge on any atom is -0.489 e. The van der Waals surface area contributed by atoms with E-state index in [-0.39, 0.29) is 6.61 Å². The number of rotatable bonds is 7. The predicted molar refractivity (Wildman–Crippen MR) is 78.7 cm³/mol. The summed E-state index contributed by atoms with van der Waals surface area (Å²) in [6.07, 6.45) is -0.610. The van der Waals surface area contributed by atoms with Gasteiger partial charge < -0.3 is 15.2 Å². The Balaban J connectivity index is 1.72. The number of aliphatic hydroxyl groups excluding tert-OH is 1. The molecular weight excluding hydrogens is 272 g/mol. The van der Waals surface area contributed by atoms with Crippen molar-refractivity contribution in [2.45, 2.75) is 12.6 Å². The van der Waals surface area contributed by atoms with E-state index in [0.717, 1.165) is 6.54 Å². The lowest BCUT2D eigenvalue weighted by molar-refractivity contribution is 0.106. The number of nitrogens with one attached hydrogen (secondary N) is 1. The fraction of sp³-hybridized carbons (Fsp3) is 0.267. The van der Waals surface area contributed by atoms with Crippen LogP contribution in [-0.2, 0) is 6.54 Å². The normalized spacial score (nSPS) is 11.8. The quantitative estimate of drug-likeness (QED) is 0.819. The Hall–Kier alpha value is -1.87. The van der Waals surface area contributed by atoms with Crippen LogP contribution in [-0.4, -0.2) is 24.4 Å². The largest absolute Gasteiger partial charge is 0.489 e. The summed E-state index contributed by atoms with van der Waals surface area (Å²) in [7, 11) is 0. The molecule has 1 unspecified atom stereocenters. The van der Waals surface area contributed by atoms with Crippen LogP contribution >= 0.6 is 11.3 Å². The molecule has 0 aliphatic carbocycles. The van der Waals surface area contributed by atoms with Crippen LogP contribution in [0.5, 0.6) is 5.75 Å². The monoisotopic (exact) mass is 288 g/mol. The molecule has 0 saturated heterocycles. The molecule has 5 heteroatoms. The van der Waals surface area contributed by atoms with E-state index in [2.05, 4.69) is 11.4 Å². The molecule has 0 fully saturated rings. The second-order valence-corrected chi connectivity index (χ2v) is 5.32. The fourth-order valence-electron chi connectivity index (χ4n) is 1.70. The maximum Gasteiger partial charge on any atom is 0.137 e. The number of benzene rings is 1. The minimum atomic E-state index is -0.610. The van der Waals surface area contributed by atoms with Crippen molar-refractivity contribution in [2.24, 2.45) is 0 Å². The van der Waals surface area contributed by atoms with E-state index in [1.807, 2.05) is 17.5 Å². The van der Waals surface area contributed by atoms with Crippen LogP contribution in [0.15, 0.2) is 41.8 Å². The van der Waals surface area contributed by atoms with Gasteiger partial charge in [0.05, 0.1) is 5.56 Å². The third kappa shape index (κ3) is 4.35. The van der Waals surface area contributed by atoms with E-state index in [0.29, 0.717) is 17.9 Å². The highest BCUT2D eigenvalue weighted by Crippen LogP contribution is 2.16. The van der Waals surface area contributed by atoms with Gasteiger partial charge in [0, 0.05) is 18.0 Å². The van der Waals surface area contributed by atoms with E-state index in [1.165, 1.54) is 4.88 Å². The van der Waals surface area contributed by atoms with Gasteiger partial charge in [-0.25, -0.2) is 0 Å². The average Bonchev–Trinajstić information content (AvgIpc) is 2.98. The summed E-state index contributed by atoms with van der Waals surface area (Å²) in [5, 5.41) is 24.0. The Morgan fingerprint density at radius 3 is 2.90 bits per heavy atom. The number of nitriles is 1. The molecule has 1 heterocycles. The molecule has 2 aromatic rings. The molecule has 1 aromatic heterocycles. The van der Waals surface area contributed by atoms with Gasteiger partial charge in [-0.05, 0) is 23.6 Å². The molecular formula is C15H16N2O2S. The van der Waals surface area contributed by atoms with Crippen molar-refractivity contribution < 1.29 is 9.84 Å². The lowest BCUT2D eigenvalue weighted by atomic mass is 10.2. The molecule has 0 amide bonds. The summed E-state index contributed by atoms with van der Waals surface area (Å²) >= 11 is 1.68. The summed E-state index contributed by atoms with van der Waals surface area (Å²) in [4.78, 5) is 1.23. The van der Waals surface area contributed by atoms with Crippen LogP contribution in [0, 0.1) is 11.3 Å². The van der Waals surface area contributed by atoms with Crippen LogP contribution in [0.2, 0.25) is 0 Å². The highest BCUT2D eigenvalue weighted by atomic mass is 32.1. The lowest BCUT2D eigenvalue weighted by Gasteiger charge is -2.13. The van der Waals surface area contributed by atoms with E-state index in [4.69, 9.17) is 10.00 Å². The summed E-state index contributed by atoms with van der Waals surface area (Å²) in [5.41, 5.74) is 0.478. The molecule has 0 bridgehead atoms. The minimum absolute atomic E-state index is 0.163. The van der Waals surface area contributed by atoms with Gasteiger partial charge >= 0.3 is 0 Å². The zero-order valence-corrected chi connectivity index (χ0v) is 11.8. The first-order valence-corrected chi connectivity index (χ1v) is 7.20. The van der Waals surface area contributed by atoms with Crippen LogP contribution in [0.4, 0.5) is 0 Å². The van der Waals surface area contributed by atoms with Gasteiger partial charge in [0.1, 0.15) is 24.5 Å². The molecule has 0 radical (unpaired) electrons. The first-order valence-electron chi connectivity index (χ1n) is 6.32. The molecule has 104 valence electrons. The summed E-state index contributed by atoms with van der Waals surface area (Å²) in [6, 6.07) is 13.1. The number of hydrogen-bond donors (Lipinski definition) is 2. The summed E-state index contributed by atoms with van der Waals surface area (Å²) in [6.45, 7) is 1.35. The third-order valence-electron chi connectivity index (χ3n) is 2.70. The maximum absolute atomic E-state index is 9.84. The van der Waals surface area contributed by atoms with Gasteiger partial charge in [-0.15, -0.1) is 11.3 Å². The number of hydrogen-bond acceptors (Lipinski definition) is 5. The Morgan fingerprint density at radius 1 is 1.30 bits per heavy atom. The first kappa shape index (κ1) is 14.5. The zero-order chi connectivity index (χ0) is 14.2. The number of para-hydroxylation sites is 1. The summed E-state index contributed by atoms with van der Waals surface area (Å²) in [5.74, 6) is 0.507. The van der Waals surface area contributed by atoms with Crippen molar-refractivity contribution >= 4 is 11.3 Å². The van der Waals surface area contributed by atoms with Gasteiger partial charge in [-0.2, -0.15) is 5.26 Å². The topological polar surface area (TPSA) is 65.3 Å². The molecule has 1 atom stereocenters. The van der Waals surface area contributed by atoms with E-state index in [1.54, 1.807) is 35.6 Å². The Labute approximate surface area is 122 Å².